The minimum absolute atomic E-state index is 0.0209. The van der Waals surface area contributed by atoms with Crippen LogP contribution in [0.25, 0.3) is 11.9 Å². The molecule has 1 aliphatic heterocycles. The number of ether oxygens (including phenoxy) is 2. The van der Waals surface area contributed by atoms with E-state index in [9.17, 15) is 17.5 Å². The number of halogens is 3. The molecule has 3 unspecified atom stereocenters. The Morgan fingerprint density at radius 3 is 2.59 bits per heavy atom. The van der Waals surface area contributed by atoms with Gasteiger partial charge in [-0.25, -0.2) is 13.6 Å². The van der Waals surface area contributed by atoms with Gasteiger partial charge in [-0.05, 0) is 69.0 Å². The first-order chi connectivity index (χ1) is 18.5. The summed E-state index contributed by atoms with van der Waals surface area (Å²) >= 11 is 0.942. The van der Waals surface area contributed by atoms with E-state index in [0.29, 0.717) is 17.6 Å². The Kier molecular flexibility index (Phi) is 10.0. The number of pyridine rings is 1. The van der Waals surface area contributed by atoms with Crippen LogP contribution in [0.4, 0.5) is 17.5 Å². The number of carbonyl (C=O) groups excluding carboxylic acids is 2. The van der Waals surface area contributed by atoms with Crippen LogP contribution in [0.15, 0.2) is 41.5 Å². The molecule has 0 saturated heterocycles. The second-order valence-electron chi connectivity index (χ2n) is 9.41. The molecule has 0 spiro atoms. The van der Waals surface area contributed by atoms with E-state index in [1.54, 1.807) is 20.8 Å². The van der Waals surface area contributed by atoms with Gasteiger partial charge < -0.3 is 9.47 Å². The fourth-order valence-corrected chi connectivity index (χ4v) is 5.25. The largest absolute Gasteiger partial charge is 0.471 e. The molecule has 1 amide bonds. The number of fused-ring (bicyclic) bond motifs is 1. The van der Waals surface area contributed by atoms with E-state index in [1.807, 2.05) is 6.07 Å². The van der Waals surface area contributed by atoms with Gasteiger partial charge in [0, 0.05) is 17.0 Å². The van der Waals surface area contributed by atoms with E-state index < -0.39 is 29.4 Å². The second-order valence-corrected chi connectivity index (χ2v) is 11.1. The summed E-state index contributed by atoms with van der Waals surface area (Å²) in [6.45, 7) is 5.38. The lowest BCUT2D eigenvalue weighted by Gasteiger charge is -2.27. The molecule has 8 nitrogen and oxygen atoms in total. The molecular weight excluding hydrogens is 553 g/mol. The predicted octanol–water partition coefficient (Wildman–Crippen LogP) is 6.65. The van der Waals surface area contributed by atoms with Crippen LogP contribution in [-0.2, 0) is 14.3 Å². The topological polar surface area (TPSA) is 105 Å². The van der Waals surface area contributed by atoms with Crippen LogP contribution in [-0.4, -0.2) is 45.0 Å². The van der Waals surface area contributed by atoms with E-state index >= 15 is 0 Å². The standard InChI is InChI=1S/C24H21F3N4O2S2.C2H4O2/c1-24(2,3)33-23(32)31(35-27)22-30-21(16-10-20(16)34-22)15-8-13(4-6-17(15)25)9-18(26)19-7-5-14(11-28)12-29-19;1-4-2-3/h4-9,12,16,20-21H,10H2,1-3H3;2H,1H3/b18-9-;. The molecule has 0 N–H and O–H groups in total. The Balaban J connectivity index is 0.000000983. The summed E-state index contributed by atoms with van der Waals surface area (Å²) in [6.07, 6.45) is 2.31. The first kappa shape index (κ1) is 30.0. The lowest BCUT2D eigenvalue weighted by molar-refractivity contribution is -0.126. The van der Waals surface area contributed by atoms with Crippen molar-refractivity contribution in [3.05, 3.63) is 64.7 Å². The lowest BCUT2D eigenvalue weighted by atomic mass is 9.99. The zero-order valence-electron chi connectivity index (χ0n) is 21.4. The molecule has 0 bridgehead atoms. The third-order valence-corrected chi connectivity index (χ3v) is 7.28. The fourth-order valence-electron chi connectivity index (χ4n) is 3.58. The summed E-state index contributed by atoms with van der Waals surface area (Å²) in [5.41, 5.74) is 0.145. The highest BCUT2D eigenvalue weighted by atomic mass is 32.2. The van der Waals surface area contributed by atoms with Gasteiger partial charge in [0.15, 0.2) is 17.5 Å². The zero-order valence-corrected chi connectivity index (χ0v) is 23.1. The van der Waals surface area contributed by atoms with Crippen LogP contribution in [0.1, 0.15) is 55.6 Å². The van der Waals surface area contributed by atoms with E-state index in [0.717, 1.165) is 10.7 Å². The molecule has 206 valence electrons. The van der Waals surface area contributed by atoms with Gasteiger partial charge in [0.2, 0.25) is 0 Å². The minimum atomic E-state index is -0.900. The quantitative estimate of drug-likeness (QED) is 0.287. The Hall–Kier alpha value is -3.50. The number of rotatable bonds is 5. The number of amides is 1. The van der Waals surface area contributed by atoms with Gasteiger partial charge in [-0.3, -0.25) is 14.8 Å². The molecular formula is C26H25F3N4O4S2. The predicted molar refractivity (Wildman–Crippen MR) is 144 cm³/mol. The molecule has 2 aliphatic rings. The Bertz CT molecular complexity index is 1310. The van der Waals surface area contributed by atoms with Gasteiger partial charge in [0.05, 0.1) is 24.4 Å². The summed E-state index contributed by atoms with van der Waals surface area (Å²) in [4.78, 5) is 29.8. The van der Waals surface area contributed by atoms with Gasteiger partial charge in [0.25, 0.3) is 6.47 Å². The smallest absolute Gasteiger partial charge is 0.428 e. The molecule has 1 saturated carbocycles. The van der Waals surface area contributed by atoms with Crippen molar-refractivity contribution >= 4 is 53.7 Å². The van der Waals surface area contributed by atoms with Crippen LogP contribution in [0, 0.1) is 23.1 Å². The van der Waals surface area contributed by atoms with Crippen molar-refractivity contribution < 1.29 is 31.7 Å². The van der Waals surface area contributed by atoms with Crippen LogP contribution in [0.3, 0.4) is 0 Å². The SMILES string of the molecule is CC(C)(C)OC(=O)N(SF)C1=NC(c2cc(/C=C(\F)c3ccc(C#N)cn3)ccc2F)C2CC2S1.COC=O. The molecule has 1 aliphatic carbocycles. The molecule has 39 heavy (non-hydrogen) atoms. The number of nitriles is 1. The van der Waals surface area contributed by atoms with E-state index in [1.165, 1.54) is 61.5 Å². The van der Waals surface area contributed by atoms with Gasteiger partial charge in [-0.2, -0.15) is 9.57 Å². The fraction of sp³-hybridized carbons (Fsp3) is 0.346. The summed E-state index contributed by atoms with van der Waals surface area (Å²) in [5.74, 6) is -1.15. The number of hydrogen-bond acceptors (Lipinski definition) is 9. The summed E-state index contributed by atoms with van der Waals surface area (Å²) < 4.78 is 53.2. The number of carbonyl (C=O) groups is 2. The molecule has 13 heteroatoms. The van der Waals surface area contributed by atoms with Crippen LogP contribution < -0.4 is 0 Å². The van der Waals surface area contributed by atoms with Crippen LogP contribution in [0.5, 0.6) is 0 Å². The maximum atomic E-state index is 14.9. The number of benzene rings is 1. The molecule has 0 radical (unpaired) electrons. The number of nitrogens with zero attached hydrogens (tertiary/aromatic N) is 4. The van der Waals surface area contributed by atoms with Crippen molar-refractivity contribution in [1.82, 2.24) is 9.29 Å². The summed E-state index contributed by atoms with van der Waals surface area (Å²) in [5, 5.41) is 9.02. The van der Waals surface area contributed by atoms with Gasteiger partial charge in [-0.1, -0.05) is 17.8 Å². The first-order valence-electron chi connectivity index (χ1n) is 11.6. The number of aliphatic imine (C=N–C) groups is 1. The highest BCUT2D eigenvalue weighted by Crippen LogP contribution is 2.56. The maximum Gasteiger partial charge on any atom is 0.428 e. The monoisotopic (exact) mass is 578 g/mol. The van der Waals surface area contributed by atoms with E-state index in [4.69, 9.17) is 14.8 Å². The number of thioether (sulfide) groups is 1. The third-order valence-electron chi connectivity index (χ3n) is 5.36. The molecule has 2 aromatic rings. The lowest BCUT2D eigenvalue weighted by Crippen LogP contribution is -2.36. The average molecular weight is 579 g/mol. The third kappa shape index (κ3) is 8.00. The Labute approximate surface area is 232 Å². The molecule has 2 heterocycles. The van der Waals surface area contributed by atoms with Crippen molar-refractivity contribution in [1.29, 1.82) is 5.26 Å². The summed E-state index contributed by atoms with van der Waals surface area (Å²) in [6, 6.07) is 8.25. The van der Waals surface area contributed by atoms with Crippen molar-refractivity contribution in [3.63, 3.8) is 0 Å². The first-order valence-corrected chi connectivity index (χ1v) is 13.1. The van der Waals surface area contributed by atoms with Crippen molar-refractivity contribution in [2.24, 2.45) is 10.9 Å². The highest BCUT2D eigenvalue weighted by molar-refractivity contribution is 8.15. The van der Waals surface area contributed by atoms with Crippen LogP contribution >= 0.6 is 24.1 Å². The molecule has 1 aromatic carbocycles. The number of methoxy groups -OCH3 is 1. The number of amidine groups is 1. The van der Waals surface area contributed by atoms with E-state index in [2.05, 4.69) is 14.7 Å². The summed E-state index contributed by atoms with van der Waals surface area (Å²) in [7, 11) is 1.31. The van der Waals surface area contributed by atoms with Gasteiger partial charge in [-0.15, -0.1) is 3.89 Å². The van der Waals surface area contributed by atoms with Crippen molar-refractivity contribution in [2.75, 3.05) is 7.11 Å². The Morgan fingerprint density at radius 1 is 1.31 bits per heavy atom. The van der Waals surface area contributed by atoms with E-state index in [-0.39, 0.29) is 39.9 Å². The van der Waals surface area contributed by atoms with Gasteiger partial charge in [0.1, 0.15) is 23.3 Å². The molecule has 4 rings (SSSR count). The average Bonchev–Trinajstić information content (AvgIpc) is 3.69. The minimum Gasteiger partial charge on any atom is -0.471 e. The second kappa shape index (κ2) is 13.0. The van der Waals surface area contributed by atoms with Crippen LogP contribution in [0.2, 0.25) is 0 Å². The Morgan fingerprint density at radius 2 is 2.03 bits per heavy atom. The van der Waals surface area contributed by atoms with Crippen molar-refractivity contribution in [2.45, 2.75) is 44.1 Å². The molecule has 3 atom stereocenters. The number of aromatic nitrogens is 1. The number of hydrogen-bond donors (Lipinski definition) is 0. The zero-order chi connectivity index (χ0) is 28.7. The molecule has 1 fully saturated rings. The molecule has 1 aromatic heterocycles. The normalized spacial score (nSPS) is 19.8. The highest BCUT2D eigenvalue weighted by Gasteiger charge is 2.50. The van der Waals surface area contributed by atoms with Crippen molar-refractivity contribution in [3.8, 4) is 6.07 Å². The maximum absolute atomic E-state index is 14.9. The van der Waals surface area contributed by atoms with Gasteiger partial charge >= 0.3 is 6.09 Å².